The maximum atomic E-state index is 12.8. The van der Waals surface area contributed by atoms with Crippen LogP contribution in [0.5, 0.6) is 5.75 Å². The van der Waals surface area contributed by atoms with Crippen molar-refractivity contribution in [2.24, 2.45) is 7.05 Å². The Labute approximate surface area is 104 Å². The van der Waals surface area contributed by atoms with Crippen molar-refractivity contribution < 1.29 is 14.3 Å². The maximum absolute atomic E-state index is 12.8. The number of hydrogen-bond donors (Lipinski definition) is 2. The fourth-order valence-corrected chi connectivity index (χ4v) is 1.64. The minimum Gasteiger partial charge on any atom is -0.507 e. The first-order chi connectivity index (χ1) is 8.56. The number of carbonyl (C=O) groups is 1. The lowest BCUT2D eigenvalue weighted by atomic mass is 10.2. The van der Waals surface area contributed by atoms with Crippen LogP contribution in [0.4, 0.5) is 4.39 Å². The Morgan fingerprint density at radius 3 is 2.83 bits per heavy atom. The highest BCUT2D eigenvalue weighted by atomic mass is 19.1. The van der Waals surface area contributed by atoms with Gasteiger partial charge in [-0.3, -0.25) is 4.79 Å². The van der Waals surface area contributed by atoms with Gasteiger partial charge in [0.15, 0.2) is 0 Å². The molecule has 0 saturated carbocycles. The summed E-state index contributed by atoms with van der Waals surface area (Å²) in [5.41, 5.74) is 1.01. The van der Waals surface area contributed by atoms with Crippen molar-refractivity contribution in [1.29, 1.82) is 0 Å². The molecular weight excluding hydrogens is 235 g/mol. The van der Waals surface area contributed by atoms with E-state index < -0.39 is 11.7 Å². The van der Waals surface area contributed by atoms with Crippen molar-refractivity contribution in [2.75, 3.05) is 0 Å². The van der Waals surface area contributed by atoms with Gasteiger partial charge < -0.3 is 15.0 Å². The summed E-state index contributed by atoms with van der Waals surface area (Å²) in [5, 5.41) is 12.1. The number of carbonyl (C=O) groups excluding carboxylic acids is 1. The highest BCUT2D eigenvalue weighted by Crippen LogP contribution is 2.17. The number of phenolic OH excluding ortho intramolecular Hbond substituents is 1. The van der Waals surface area contributed by atoms with Gasteiger partial charge in [-0.25, -0.2) is 4.39 Å². The molecule has 0 fully saturated rings. The summed E-state index contributed by atoms with van der Waals surface area (Å²) < 4.78 is 14.6. The van der Waals surface area contributed by atoms with Gasteiger partial charge in [0.2, 0.25) is 0 Å². The number of halogens is 1. The molecule has 0 aliphatic carbocycles. The largest absolute Gasteiger partial charge is 0.507 e. The summed E-state index contributed by atoms with van der Waals surface area (Å²) >= 11 is 0. The SMILES string of the molecule is Cn1ccc(CNC(=O)c2ccc(F)cc2O)c1. The minimum atomic E-state index is -0.577. The molecule has 2 N–H and O–H groups in total. The molecule has 1 aromatic carbocycles. The molecule has 0 saturated heterocycles. The molecular formula is C13H13FN2O2. The molecule has 0 bridgehead atoms. The predicted octanol–water partition coefficient (Wildman–Crippen LogP) is 1.80. The molecule has 0 unspecified atom stereocenters. The molecule has 2 aromatic rings. The van der Waals surface area contributed by atoms with Crippen molar-refractivity contribution in [3.63, 3.8) is 0 Å². The first-order valence-electron chi connectivity index (χ1n) is 5.44. The Morgan fingerprint density at radius 2 is 2.22 bits per heavy atom. The van der Waals surface area contributed by atoms with E-state index in [2.05, 4.69) is 5.32 Å². The van der Waals surface area contributed by atoms with Crippen LogP contribution < -0.4 is 5.32 Å². The average Bonchev–Trinajstić information content (AvgIpc) is 2.72. The lowest BCUT2D eigenvalue weighted by molar-refractivity contribution is 0.0948. The van der Waals surface area contributed by atoms with Crippen LogP contribution in [-0.2, 0) is 13.6 Å². The summed E-state index contributed by atoms with van der Waals surface area (Å²) in [6.07, 6.45) is 3.75. The van der Waals surface area contributed by atoms with Crippen molar-refractivity contribution in [2.45, 2.75) is 6.54 Å². The van der Waals surface area contributed by atoms with Crippen molar-refractivity contribution in [1.82, 2.24) is 9.88 Å². The quantitative estimate of drug-likeness (QED) is 0.870. The Bertz CT molecular complexity index is 578. The van der Waals surface area contributed by atoms with Gasteiger partial charge in [-0.05, 0) is 23.8 Å². The van der Waals surface area contributed by atoms with Crippen LogP contribution in [-0.4, -0.2) is 15.6 Å². The fraction of sp³-hybridized carbons (Fsp3) is 0.154. The van der Waals surface area contributed by atoms with E-state index in [4.69, 9.17) is 0 Å². The highest BCUT2D eigenvalue weighted by Gasteiger charge is 2.11. The number of aromatic nitrogens is 1. The van der Waals surface area contributed by atoms with Crippen LogP contribution in [0.1, 0.15) is 15.9 Å². The van der Waals surface area contributed by atoms with Crippen LogP contribution in [0.15, 0.2) is 36.7 Å². The standard InChI is InChI=1S/C13H13FN2O2/c1-16-5-4-9(8-16)7-15-13(18)11-3-2-10(14)6-12(11)17/h2-6,8,17H,7H2,1H3,(H,15,18). The maximum Gasteiger partial charge on any atom is 0.255 e. The molecule has 5 heteroatoms. The molecule has 1 heterocycles. The van der Waals surface area contributed by atoms with E-state index in [1.807, 2.05) is 30.1 Å². The lowest BCUT2D eigenvalue weighted by Crippen LogP contribution is -2.22. The molecule has 0 spiro atoms. The normalized spacial score (nSPS) is 10.3. The predicted molar refractivity (Wildman–Crippen MR) is 64.6 cm³/mol. The van der Waals surface area contributed by atoms with Gasteiger partial charge in [0, 0.05) is 32.1 Å². The third-order valence-electron chi connectivity index (χ3n) is 2.55. The van der Waals surface area contributed by atoms with Crippen molar-refractivity contribution >= 4 is 5.91 Å². The number of aryl methyl sites for hydroxylation is 1. The first kappa shape index (κ1) is 12.2. The third-order valence-corrected chi connectivity index (χ3v) is 2.55. The van der Waals surface area contributed by atoms with E-state index in [0.717, 1.165) is 17.7 Å². The zero-order valence-corrected chi connectivity index (χ0v) is 9.85. The number of nitrogens with one attached hydrogen (secondary N) is 1. The van der Waals surface area contributed by atoms with Gasteiger partial charge in [0.1, 0.15) is 11.6 Å². The summed E-state index contributed by atoms with van der Waals surface area (Å²) in [6, 6.07) is 5.18. The van der Waals surface area contributed by atoms with Gasteiger partial charge in [-0.15, -0.1) is 0 Å². The zero-order valence-electron chi connectivity index (χ0n) is 9.85. The molecule has 1 amide bonds. The van der Waals surface area contributed by atoms with Gasteiger partial charge in [0.25, 0.3) is 5.91 Å². The van der Waals surface area contributed by atoms with Crippen LogP contribution >= 0.6 is 0 Å². The van der Waals surface area contributed by atoms with E-state index in [1.165, 1.54) is 6.07 Å². The van der Waals surface area contributed by atoms with E-state index in [1.54, 1.807) is 0 Å². The third kappa shape index (κ3) is 2.68. The van der Waals surface area contributed by atoms with Gasteiger partial charge in [-0.2, -0.15) is 0 Å². The molecule has 18 heavy (non-hydrogen) atoms. The Morgan fingerprint density at radius 1 is 1.44 bits per heavy atom. The van der Waals surface area contributed by atoms with Gasteiger partial charge in [0.05, 0.1) is 5.56 Å². The topological polar surface area (TPSA) is 54.3 Å². The summed E-state index contributed by atoms with van der Waals surface area (Å²) in [6.45, 7) is 0.358. The molecule has 4 nitrogen and oxygen atoms in total. The number of rotatable bonds is 3. The number of benzene rings is 1. The second-order valence-electron chi connectivity index (χ2n) is 4.03. The van der Waals surface area contributed by atoms with Crippen LogP contribution in [0.25, 0.3) is 0 Å². The lowest BCUT2D eigenvalue weighted by Gasteiger charge is -2.05. The Balaban J connectivity index is 2.03. The van der Waals surface area contributed by atoms with E-state index in [-0.39, 0.29) is 11.3 Å². The molecule has 0 aliphatic rings. The fourth-order valence-electron chi connectivity index (χ4n) is 1.64. The summed E-state index contributed by atoms with van der Waals surface area (Å²) in [5.74, 6) is -1.37. The summed E-state index contributed by atoms with van der Waals surface area (Å²) in [7, 11) is 1.89. The second-order valence-corrected chi connectivity index (χ2v) is 4.03. The Kier molecular flexibility index (Phi) is 3.32. The second kappa shape index (κ2) is 4.91. The smallest absolute Gasteiger partial charge is 0.255 e. The molecule has 1 aromatic heterocycles. The van der Waals surface area contributed by atoms with Gasteiger partial charge in [-0.1, -0.05) is 0 Å². The number of nitrogens with zero attached hydrogens (tertiary/aromatic N) is 1. The molecule has 0 radical (unpaired) electrons. The zero-order chi connectivity index (χ0) is 13.1. The Hall–Kier alpha value is -2.30. The number of amides is 1. The number of hydrogen-bond acceptors (Lipinski definition) is 2. The number of aromatic hydroxyl groups is 1. The van der Waals surface area contributed by atoms with E-state index in [0.29, 0.717) is 6.54 Å². The monoisotopic (exact) mass is 248 g/mol. The van der Waals surface area contributed by atoms with Crippen LogP contribution in [0.3, 0.4) is 0 Å². The minimum absolute atomic E-state index is 0.0623. The molecule has 94 valence electrons. The summed E-state index contributed by atoms with van der Waals surface area (Å²) in [4.78, 5) is 11.8. The van der Waals surface area contributed by atoms with Crippen molar-refractivity contribution in [3.05, 3.63) is 53.6 Å². The van der Waals surface area contributed by atoms with Crippen LogP contribution in [0.2, 0.25) is 0 Å². The van der Waals surface area contributed by atoms with Crippen molar-refractivity contribution in [3.8, 4) is 5.75 Å². The average molecular weight is 248 g/mol. The molecule has 0 atom stereocenters. The molecule has 0 aliphatic heterocycles. The number of phenols is 1. The van der Waals surface area contributed by atoms with E-state index >= 15 is 0 Å². The van der Waals surface area contributed by atoms with E-state index in [9.17, 15) is 14.3 Å². The highest BCUT2D eigenvalue weighted by molar-refractivity contribution is 5.96. The van der Waals surface area contributed by atoms with Gasteiger partial charge >= 0.3 is 0 Å². The van der Waals surface area contributed by atoms with Crippen LogP contribution in [0, 0.1) is 5.82 Å². The molecule has 2 rings (SSSR count). The first-order valence-corrected chi connectivity index (χ1v) is 5.44.